The number of nitrogens with zero attached hydrogens (tertiary/aromatic N) is 1. The average Bonchev–Trinajstić information content (AvgIpc) is 2.69. The molecule has 13 heteroatoms. The second-order valence-electron chi connectivity index (χ2n) is 5.58. The molecule has 0 saturated heterocycles. The fourth-order valence-electron chi connectivity index (χ4n) is 1.89. The van der Waals surface area contributed by atoms with Gasteiger partial charge in [0, 0.05) is 31.8 Å². The van der Waals surface area contributed by atoms with Crippen LogP contribution in [0.2, 0.25) is 0 Å². The zero-order valence-corrected chi connectivity index (χ0v) is 16.5. The minimum atomic E-state index is -1.16. The Morgan fingerprint density at radius 1 is 0.968 bits per heavy atom. The Morgan fingerprint density at radius 3 is 1.90 bits per heavy atom. The molecule has 0 aliphatic carbocycles. The van der Waals surface area contributed by atoms with E-state index in [1.165, 1.54) is 0 Å². The van der Waals surface area contributed by atoms with E-state index in [1.807, 2.05) is 0 Å². The lowest BCUT2D eigenvalue weighted by Gasteiger charge is -2.10. The molecule has 0 heterocycles. The van der Waals surface area contributed by atoms with Crippen LogP contribution in [0.1, 0.15) is 13.8 Å². The number of carbonyl (C=O) groups is 4. The molecule has 0 unspecified atom stereocenters. The number of esters is 4. The number of benzene rings is 1. The summed E-state index contributed by atoms with van der Waals surface area (Å²) in [5.41, 5.74) is -1.49. The average molecular weight is 442 g/mol. The van der Waals surface area contributed by atoms with Crippen LogP contribution in [-0.2, 0) is 38.1 Å². The van der Waals surface area contributed by atoms with Crippen molar-refractivity contribution in [3.8, 4) is 0 Å². The van der Waals surface area contributed by atoms with Gasteiger partial charge in [0.15, 0.2) is 5.57 Å². The van der Waals surface area contributed by atoms with Gasteiger partial charge in [-0.15, -0.1) is 0 Å². The summed E-state index contributed by atoms with van der Waals surface area (Å²) in [6.45, 7) is 1.07. The summed E-state index contributed by atoms with van der Waals surface area (Å²) < 4.78 is 32.2. The van der Waals surface area contributed by atoms with E-state index in [9.17, 15) is 33.7 Å². The van der Waals surface area contributed by atoms with Crippen LogP contribution in [-0.4, -0.2) is 55.2 Å². The van der Waals surface area contributed by atoms with E-state index in [2.05, 4.69) is 14.8 Å². The highest BCUT2D eigenvalue weighted by Gasteiger charge is 2.22. The van der Waals surface area contributed by atoms with Crippen LogP contribution in [0, 0.1) is 15.9 Å². The van der Waals surface area contributed by atoms with Gasteiger partial charge >= 0.3 is 29.6 Å². The van der Waals surface area contributed by atoms with E-state index >= 15 is 0 Å². The molecule has 168 valence electrons. The fraction of sp³-hybridized carbons (Fsp3) is 0.333. The van der Waals surface area contributed by atoms with Crippen LogP contribution in [0.25, 0.3) is 0 Å². The maximum absolute atomic E-state index is 13.4. The Hall–Kier alpha value is -4.03. The van der Waals surface area contributed by atoms with Gasteiger partial charge < -0.3 is 24.3 Å². The van der Waals surface area contributed by atoms with Crippen molar-refractivity contribution in [2.24, 2.45) is 0 Å². The molecule has 1 rings (SSSR count). The third-order valence-electron chi connectivity index (χ3n) is 3.21. The number of rotatable bonds is 11. The molecule has 31 heavy (non-hydrogen) atoms. The number of ether oxygens (including phenoxy) is 4. The normalized spacial score (nSPS) is 9.77. The molecule has 0 aliphatic rings. The van der Waals surface area contributed by atoms with E-state index in [4.69, 9.17) is 9.47 Å². The standard InChI is InChI=1S/C18H19FN2O10/c1-11(22)28-5-7-30-17(24)14(18(25)31-8-6-29-12(2)23)10-20-13-3-4-15(19)16(9-13)21(26)27/h3-4,9-10,20H,5-8H2,1-2H3. The number of halogens is 1. The SMILES string of the molecule is CC(=O)OCCOC(=O)C(=CNc1ccc(F)c([N+](=O)[O-])c1)C(=O)OCCOC(C)=O. The number of nitro groups is 1. The third-order valence-corrected chi connectivity index (χ3v) is 3.21. The van der Waals surface area contributed by atoms with Gasteiger partial charge in [-0.05, 0) is 12.1 Å². The van der Waals surface area contributed by atoms with Crippen LogP contribution in [0.5, 0.6) is 0 Å². The van der Waals surface area contributed by atoms with E-state index in [0.29, 0.717) is 0 Å². The highest BCUT2D eigenvalue weighted by molar-refractivity contribution is 6.14. The van der Waals surface area contributed by atoms with Gasteiger partial charge in [-0.3, -0.25) is 19.7 Å². The van der Waals surface area contributed by atoms with Crippen molar-refractivity contribution in [3.05, 3.63) is 45.9 Å². The first-order chi connectivity index (χ1) is 14.6. The number of hydrogen-bond donors (Lipinski definition) is 1. The zero-order valence-electron chi connectivity index (χ0n) is 16.5. The second kappa shape index (κ2) is 12.5. The first-order valence-electron chi connectivity index (χ1n) is 8.63. The quantitative estimate of drug-likeness (QED) is 0.0767. The van der Waals surface area contributed by atoms with Crippen LogP contribution in [0.4, 0.5) is 15.8 Å². The van der Waals surface area contributed by atoms with Crippen LogP contribution < -0.4 is 5.32 Å². The summed E-state index contributed by atoms with van der Waals surface area (Å²) in [5, 5.41) is 13.3. The van der Waals surface area contributed by atoms with Gasteiger partial charge in [0.05, 0.1) is 4.92 Å². The number of nitrogens with one attached hydrogen (secondary N) is 1. The van der Waals surface area contributed by atoms with E-state index < -0.39 is 45.9 Å². The molecule has 0 aromatic heterocycles. The van der Waals surface area contributed by atoms with Crippen LogP contribution in [0.15, 0.2) is 30.0 Å². The first-order valence-corrected chi connectivity index (χ1v) is 8.63. The van der Waals surface area contributed by atoms with E-state index in [0.717, 1.165) is 38.2 Å². The molecule has 0 spiro atoms. The van der Waals surface area contributed by atoms with Crippen molar-refractivity contribution in [1.82, 2.24) is 0 Å². The number of hydrogen-bond acceptors (Lipinski definition) is 11. The molecule has 0 amide bonds. The highest BCUT2D eigenvalue weighted by Crippen LogP contribution is 2.21. The smallest absolute Gasteiger partial charge is 0.347 e. The molecular formula is C18H19FN2O10. The second-order valence-corrected chi connectivity index (χ2v) is 5.58. The monoisotopic (exact) mass is 442 g/mol. The van der Waals surface area contributed by atoms with E-state index in [-0.39, 0.29) is 32.1 Å². The summed E-state index contributed by atoms with van der Waals surface area (Å²) >= 11 is 0. The number of anilines is 1. The van der Waals surface area contributed by atoms with Crippen LogP contribution >= 0.6 is 0 Å². The molecule has 1 aromatic carbocycles. The molecule has 0 saturated carbocycles. The summed E-state index contributed by atoms with van der Waals surface area (Å²) in [5.74, 6) is -4.59. The maximum Gasteiger partial charge on any atom is 0.347 e. The Kier molecular flexibility index (Phi) is 10.1. The highest BCUT2D eigenvalue weighted by atomic mass is 19.1. The Morgan fingerprint density at radius 2 is 1.45 bits per heavy atom. The molecular weight excluding hydrogens is 423 g/mol. The molecule has 12 nitrogen and oxygen atoms in total. The van der Waals surface area contributed by atoms with Crippen LogP contribution in [0.3, 0.4) is 0 Å². The molecule has 0 atom stereocenters. The third kappa shape index (κ3) is 9.34. The van der Waals surface area contributed by atoms with E-state index in [1.54, 1.807) is 0 Å². The molecule has 1 N–H and O–H groups in total. The summed E-state index contributed by atoms with van der Waals surface area (Å²) in [7, 11) is 0. The lowest BCUT2D eigenvalue weighted by molar-refractivity contribution is -0.387. The molecule has 0 bridgehead atoms. The minimum absolute atomic E-state index is 0.00831. The maximum atomic E-state index is 13.4. The Bertz CT molecular complexity index is 848. The van der Waals surface area contributed by atoms with Gasteiger partial charge in [0.1, 0.15) is 26.4 Å². The number of nitro benzene ring substituents is 1. The summed E-state index contributed by atoms with van der Waals surface area (Å²) in [6.07, 6.45) is 0.847. The first kappa shape index (κ1) is 25.0. The fourth-order valence-corrected chi connectivity index (χ4v) is 1.89. The van der Waals surface area contributed by atoms with Crippen molar-refractivity contribution in [3.63, 3.8) is 0 Å². The van der Waals surface area contributed by atoms with Crippen molar-refractivity contribution in [2.75, 3.05) is 31.7 Å². The van der Waals surface area contributed by atoms with Gasteiger partial charge in [0.25, 0.3) is 0 Å². The largest absolute Gasteiger partial charge is 0.462 e. The van der Waals surface area contributed by atoms with Gasteiger partial charge in [-0.2, -0.15) is 4.39 Å². The van der Waals surface area contributed by atoms with Gasteiger partial charge in [0.2, 0.25) is 5.82 Å². The van der Waals surface area contributed by atoms with Crippen molar-refractivity contribution < 1.29 is 47.4 Å². The van der Waals surface area contributed by atoms with Crippen molar-refractivity contribution in [2.45, 2.75) is 13.8 Å². The zero-order chi connectivity index (χ0) is 23.4. The van der Waals surface area contributed by atoms with Gasteiger partial charge in [-0.25, -0.2) is 9.59 Å². The molecule has 1 aromatic rings. The molecule has 0 aliphatic heterocycles. The van der Waals surface area contributed by atoms with Crippen molar-refractivity contribution in [1.29, 1.82) is 0 Å². The molecule has 0 radical (unpaired) electrons. The lowest BCUT2D eigenvalue weighted by Crippen LogP contribution is -2.23. The Balaban J connectivity index is 2.91. The lowest BCUT2D eigenvalue weighted by atomic mass is 10.2. The predicted octanol–water partition coefficient (Wildman–Crippen LogP) is 1.24. The van der Waals surface area contributed by atoms with Crippen molar-refractivity contribution >= 4 is 35.3 Å². The Labute approximate surface area is 175 Å². The molecule has 0 fully saturated rings. The van der Waals surface area contributed by atoms with Gasteiger partial charge in [-0.1, -0.05) is 0 Å². The minimum Gasteiger partial charge on any atom is -0.462 e. The summed E-state index contributed by atoms with van der Waals surface area (Å²) in [6, 6.07) is 2.80. The summed E-state index contributed by atoms with van der Waals surface area (Å²) in [4.78, 5) is 55.7. The number of carbonyl (C=O) groups excluding carboxylic acids is 4. The predicted molar refractivity (Wildman–Crippen MR) is 99.9 cm³/mol. The topological polar surface area (TPSA) is 160 Å².